The number of nitrogens with one attached hydrogen (secondary N) is 1. The minimum atomic E-state index is -0.115. The molecule has 0 heterocycles. The Hall–Kier alpha value is -1.77. The summed E-state index contributed by atoms with van der Waals surface area (Å²) in [5, 5.41) is 12.0. The smallest absolute Gasteiger partial charge is 0.248 e. The van der Waals surface area contributed by atoms with Gasteiger partial charge in [0.1, 0.15) is 5.75 Å². The van der Waals surface area contributed by atoms with Crippen molar-refractivity contribution in [2.45, 2.75) is 96.8 Å². The predicted molar refractivity (Wildman–Crippen MR) is 116 cm³/mol. The van der Waals surface area contributed by atoms with E-state index in [9.17, 15) is 9.90 Å². The molecular weight excluding hydrogens is 334 g/mol. The topological polar surface area (TPSA) is 49.3 Å². The van der Waals surface area contributed by atoms with Crippen molar-refractivity contribution in [1.29, 1.82) is 0 Å². The maximum atomic E-state index is 11.8. The quantitative estimate of drug-likeness (QED) is 0.180. The van der Waals surface area contributed by atoms with Crippen molar-refractivity contribution in [2.75, 3.05) is 5.32 Å². The summed E-state index contributed by atoms with van der Waals surface area (Å²) >= 11 is 0. The number of phenolic OH excluding ortho intramolecular Hbond substituents is 1. The fraction of sp³-hybridized carbons (Fsp3) is 0.625. The van der Waals surface area contributed by atoms with Gasteiger partial charge in [0.25, 0.3) is 0 Å². The number of hydrogen-bond acceptors (Lipinski definition) is 2. The van der Waals surface area contributed by atoms with Gasteiger partial charge in [-0.2, -0.15) is 0 Å². The van der Waals surface area contributed by atoms with Crippen LogP contribution in [0.15, 0.2) is 36.4 Å². The lowest BCUT2D eigenvalue weighted by Crippen LogP contribution is -2.07. The Morgan fingerprint density at radius 2 is 1.30 bits per heavy atom. The minimum absolute atomic E-state index is 0.115. The van der Waals surface area contributed by atoms with Crippen LogP contribution in [0, 0.1) is 0 Å². The number of anilines is 1. The number of phenols is 1. The molecule has 0 aliphatic heterocycles. The lowest BCUT2D eigenvalue weighted by molar-refractivity contribution is -0.111. The number of amides is 1. The van der Waals surface area contributed by atoms with Crippen LogP contribution in [0.1, 0.15) is 96.8 Å². The summed E-state index contributed by atoms with van der Waals surface area (Å²) in [4.78, 5) is 11.8. The maximum Gasteiger partial charge on any atom is 0.248 e. The van der Waals surface area contributed by atoms with Crippen molar-refractivity contribution in [3.8, 4) is 5.75 Å². The van der Waals surface area contributed by atoms with Crippen LogP contribution in [0.5, 0.6) is 5.75 Å². The number of aromatic hydroxyl groups is 1. The number of hydrogen-bond donors (Lipinski definition) is 2. The SMILES string of the molecule is CCCCCCCCCCCCCCCC=CC(=O)Nc1ccc(O)cc1. The molecule has 1 aromatic carbocycles. The highest BCUT2D eigenvalue weighted by atomic mass is 16.3. The summed E-state index contributed by atoms with van der Waals surface area (Å²) in [6.45, 7) is 2.27. The fourth-order valence-corrected chi connectivity index (χ4v) is 3.20. The van der Waals surface area contributed by atoms with E-state index in [0.29, 0.717) is 5.69 Å². The zero-order valence-corrected chi connectivity index (χ0v) is 17.2. The number of benzene rings is 1. The maximum absolute atomic E-state index is 11.8. The average Bonchev–Trinajstić information content (AvgIpc) is 2.66. The van der Waals surface area contributed by atoms with Crippen LogP contribution in [0.25, 0.3) is 0 Å². The van der Waals surface area contributed by atoms with Gasteiger partial charge < -0.3 is 10.4 Å². The molecule has 152 valence electrons. The van der Waals surface area contributed by atoms with E-state index in [4.69, 9.17) is 0 Å². The number of allylic oxidation sites excluding steroid dienone is 1. The molecule has 0 aliphatic carbocycles. The Morgan fingerprint density at radius 3 is 1.81 bits per heavy atom. The van der Waals surface area contributed by atoms with E-state index in [-0.39, 0.29) is 11.7 Å². The van der Waals surface area contributed by atoms with Gasteiger partial charge in [-0.3, -0.25) is 4.79 Å². The van der Waals surface area contributed by atoms with Crippen LogP contribution in [0.3, 0.4) is 0 Å². The molecule has 0 aromatic heterocycles. The third kappa shape index (κ3) is 14.0. The van der Waals surface area contributed by atoms with Crippen LogP contribution in [-0.4, -0.2) is 11.0 Å². The standard InChI is InChI=1S/C24H39NO2/c1-2-3-4-5-6-7-8-9-10-11-12-13-14-15-16-17-24(27)25-22-18-20-23(26)21-19-22/h16-21,26H,2-15H2,1H3,(H,25,27). The van der Waals surface area contributed by atoms with Crippen LogP contribution >= 0.6 is 0 Å². The zero-order chi connectivity index (χ0) is 19.6. The molecule has 0 atom stereocenters. The molecule has 1 amide bonds. The fourth-order valence-electron chi connectivity index (χ4n) is 3.20. The number of rotatable bonds is 16. The Labute approximate surface area is 166 Å². The first-order valence-electron chi connectivity index (χ1n) is 11.0. The molecule has 0 fully saturated rings. The van der Waals surface area contributed by atoms with E-state index in [1.54, 1.807) is 30.3 Å². The summed E-state index contributed by atoms with van der Waals surface area (Å²) in [5.41, 5.74) is 0.698. The lowest BCUT2D eigenvalue weighted by atomic mass is 10.0. The molecule has 1 rings (SSSR count). The molecule has 3 nitrogen and oxygen atoms in total. The predicted octanol–water partition coefficient (Wildman–Crippen LogP) is 7.37. The molecule has 0 saturated carbocycles. The molecule has 0 radical (unpaired) electrons. The molecule has 1 aromatic rings. The first-order chi connectivity index (χ1) is 13.2. The zero-order valence-electron chi connectivity index (χ0n) is 17.2. The van der Waals surface area contributed by atoms with E-state index < -0.39 is 0 Å². The molecule has 27 heavy (non-hydrogen) atoms. The van der Waals surface area contributed by atoms with Gasteiger partial charge in [0.05, 0.1) is 0 Å². The second-order valence-corrected chi connectivity index (χ2v) is 7.47. The van der Waals surface area contributed by atoms with Gasteiger partial charge in [-0.25, -0.2) is 0 Å². The van der Waals surface area contributed by atoms with Crippen molar-refractivity contribution in [2.24, 2.45) is 0 Å². The molecule has 3 heteroatoms. The van der Waals surface area contributed by atoms with Gasteiger partial charge in [0.15, 0.2) is 0 Å². The summed E-state index contributed by atoms with van der Waals surface area (Å²) in [5.74, 6) is 0.0846. The van der Waals surface area contributed by atoms with E-state index >= 15 is 0 Å². The van der Waals surface area contributed by atoms with Crippen molar-refractivity contribution in [1.82, 2.24) is 0 Å². The highest BCUT2D eigenvalue weighted by Gasteiger charge is 1.97. The van der Waals surface area contributed by atoms with Crippen molar-refractivity contribution < 1.29 is 9.90 Å². The van der Waals surface area contributed by atoms with Gasteiger partial charge in [-0.15, -0.1) is 0 Å². The molecule has 2 N–H and O–H groups in total. The molecule has 0 saturated heterocycles. The Kier molecular flexibility index (Phi) is 14.1. The van der Waals surface area contributed by atoms with Crippen molar-refractivity contribution in [3.05, 3.63) is 36.4 Å². The van der Waals surface area contributed by atoms with E-state index in [1.807, 2.05) is 6.08 Å². The summed E-state index contributed by atoms with van der Waals surface area (Å²) < 4.78 is 0. The average molecular weight is 374 g/mol. The highest BCUT2D eigenvalue weighted by Crippen LogP contribution is 2.14. The van der Waals surface area contributed by atoms with Crippen molar-refractivity contribution in [3.63, 3.8) is 0 Å². The summed E-state index contributed by atoms with van der Waals surface area (Å²) in [6, 6.07) is 6.50. The van der Waals surface area contributed by atoms with Crippen LogP contribution in [-0.2, 0) is 4.79 Å². The van der Waals surface area contributed by atoms with Gasteiger partial charge in [-0.05, 0) is 43.2 Å². The normalized spacial score (nSPS) is 11.1. The van der Waals surface area contributed by atoms with Crippen LogP contribution in [0.2, 0.25) is 0 Å². The van der Waals surface area contributed by atoms with Crippen LogP contribution < -0.4 is 5.32 Å². The lowest BCUT2D eigenvalue weighted by Gasteiger charge is -2.03. The van der Waals surface area contributed by atoms with Crippen molar-refractivity contribution >= 4 is 11.6 Å². The largest absolute Gasteiger partial charge is 0.508 e. The second-order valence-electron chi connectivity index (χ2n) is 7.47. The number of unbranched alkanes of at least 4 members (excludes halogenated alkanes) is 13. The minimum Gasteiger partial charge on any atom is -0.508 e. The van der Waals surface area contributed by atoms with Gasteiger partial charge in [0, 0.05) is 5.69 Å². The van der Waals surface area contributed by atoms with Crippen LogP contribution in [0.4, 0.5) is 5.69 Å². The Bertz CT molecular complexity index is 508. The van der Waals surface area contributed by atoms with Gasteiger partial charge in [-0.1, -0.05) is 90.0 Å². The van der Waals surface area contributed by atoms with Gasteiger partial charge >= 0.3 is 0 Å². The summed E-state index contributed by atoms with van der Waals surface area (Å²) in [6.07, 6.45) is 22.2. The third-order valence-corrected chi connectivity index (χ3v) is 4.88. The number of carbonyl (C=O) groups excluding carboxylic acids is 1. The molecule has 0 aliphatic rings. The van der Waals surface area contributed by atoms with Gasteiger partial charge in [0.2, 0.25) is 5.91 Å². The first-order valence-corrected chi connectivity index (χ1v) is 11.0. The highest BCUT2D eigenvalue weighted by molar-refractivity contribution is 5.99. The Balaban J connectivity index is 1.87. The first kappa shape index (κ1) is 23.3. The number of carbonyl (C=O) groups is 1. The molecule has 0 spiro atoms. The van der Waals surface area contributed by atoms with E-state index in [1.165, 1.54) is 77.0 Å². The second kappa shape index (κ2) is 16.4. The molecular formula is C24H39NO2. The molecule has 0 unspecified atom stereocenters. The summed E-state index contributed by atoms with van der Waals surface area (Å²) in [7, 11) is 0. The monoisotopic (exact) mass is 373 g/mol. The van der Waals surface area contributed by atoms with E-state index in [2.05, 4.69) is 12.2 Å². The molecule has 0 bridgehead atoms. The third-order valence-electron chi connectivity index (χ3n) is 4.88. The Morgan fingerprint density at radius 1 is 0.815 bits per heavy atom. The van der Waals surface area contributed by atoms with E-state index in [0.717, 1.165) is 12.8 Å².